The van der Waals surface area contributed by atoms with Gasteiger partial charge in [-0.25, -0.2) is 9.59 Å². The van der Waals surface area contributed by atoms with Crippen LogP contribution < -0.4 is 52.1 Å². The van der Waals surface area contributed by atoms with Crippen LogP contribution in [0.25, 0.3) is 5.59 Å². The van der Waals surface area contributed by atoms with E-state index in [1.807, 2.05) is 66.3 Å². The predicted octanol–water partition coefficient (Wildman–Crippen LogP) is -2.26. The molecular weight excluding hydrogens is 853 g/mol. The minimum atomic E-state index is -4.38. The SMILES string of the molecule is CCO.N=N[N-]O.O=c1ccn([C@@H]2CO[C@@H]3COC(c4ccccc4)O[C@H]3[C@@H]2O)c(=O)[nH]1.O=c1ccn([C@@H]2CO[C@@H]3COC(c4ccccc4)O[C@H]3[C@H]2CS(=O)(=O)O)c(=O)[nH]1.[Na+]. The number of aliphatic hydroxyl groups excluding tert-OH is 2. The summed E-state index contributed by atoms with van der Waals surface area (Å²) in [6.45, 7) is 2.50. The van der Waals surface area contributed by atoms with Crippen LogP contribution in [0.15, 0.2) is 110 Å². The Morgan fingerprint density at radius 1 is 0.742 bits per heavy atom. The molecule has 0 spiro atoms. The normalized spacial score (nSPS) is 27.6. The van der Waals surface area contributed by atoms with Gasteiger partial charge in [0.15, 0.2) is 12.6 Å². The van der Waals surface area contributed by atoms with Crippen molar-refractivity contribution in [3.05, 3.63) is 144 Å². The number of ether oxygens (including phenoxy) is 6. The van der Waals surface area contributed by atoms with Crippen LogP contribution in [0.1, 0.15) is 42.7 Å². The van der Waals surface area contributed by atoms with Gasteiger partial charge in [0.1, 0.15) is 24.4 Å². The van der Waals surface area contributed by atoms with Crippen molar-refractivity contribution in [3.8, 4) is 0 Å². The van der Waals surface area contributed by atoms with Gasteiger partial charge in [-0.2, -0.15) is 8.42 Å². The first-order chi connectivity index (χ1) is 29.3. The summed E-state index contributed by atoms with van der Waals surface area (Å²) in [5, 5.41) is 27.6. The van der Waals surface area contributed by atoms with Crippen molar-refractivity contribution in [3.63, 3.8) is 0 Å². The van der Waals surface area contributed by atoms with E-state index >= 15 is 0 Å². The molecule has 7 N–H and O–H groups in total. The second kappa shape index (κ2) is 24.0. The average molecular weight is 900 g/mol. The number of nitrogens with one attached hydrogen (secondary N) is 3. The van der Waals surface area contributed by atoms with Crippen molar-refractivity contribution in [1.82, 2.24) is 19.1 Å². The molecule has 4 saturated heterocycles. The Bertz CT molecular complexity index is 2350. The van der Waals surface area contributed by atoms with Gasteiger partial charge in [0.25, 0.3) is 21.2 Å². The third-order valence-electron chi connectivity index (χ3n) is 9.74. The summed E-state index contributed by atoms with van der Waals surface area (Å²) in [5.41, 5.74) is 6.93. The number of aliphatic hydroxyl groups is 2. The van der Waals surface area contributed by atoms with E-state index in [1.54, 1.807) is 6.92 Å². The van der Waals surface area contributed by atoms with Gasteiger partial charge in [-0.15, -0.1) is 0 Å². The van der Waals surface area contributed by atoms with Crippen LogP contribution in [0, 0.1) is 11.4 Å². The van der Waals surface area contributed by atoms with Crippen LogP contribution in [-0.2, 0) is 38.5 Å². The van der Waals surface area contributed by atoms with Gasteiger partial charge >= 0.3 is 40.9 Å². The first-order valence-corrected chi connectivity index (χ1v) is 20.3. The van der Waals surface area contributed by atoms with Crippen LogP contribution in [-0.4, -0.2) is 117 Å². The number of fused-ring (bicyclic) bond motifs is 2. The summed E-state index contributed by atoms with van der Waals surface area (Å²) in [6.07, 6.45) is -2.06. The minimum absolute atomic E-state index is 0. The molecule has 4 aromatic rings. The maximum Gasteiger partial charge on any atom is 1.00 e. The maximum absolute atomic E-state index is 12.3. The van der Waals surface area contributed by atoms with Crippen LogP contribution in [0.5, 0.6) is 0 Å². The molecule has 2 aromatic carbocycles. The summed E-state index contributed by atoms with van der Waals surface area (Å²) in [7, 11) is -4.38. The number of aromatic nitrogens is 4. The molecule has 4 aliphatic rings. The third kappa shape index (κ3) is 13.4. The van der Waals surface area contributed by atoms with Gasteiger partial charge in [-0.05, 0) is 6.92 Å². The first-order valence-electron chi connectivity index (χ1n) is 18.7. The van der Waals surface area contributed by atoms with Crippen molar-refractivity contribution < 1.29 is 86.4 Å². The van der Waals surface area contributed by atoms with E-state index in [-0.39, 0.29) is 62.6 Å². The molecule has 6 heterocycles. The largest absolute Gasteiger partial charge is 1.00 e. The van der Waals surface area contributed by atoms with E-state index in [4.69, 9.17) is 44.3 Å². The van der Waals surface area contributed by atoms with Gasteiger partial charge in [-0.1, -0.05) is 60.7 Å². The molecule has 0 amide bonds. The number of aromatic amines is 2. The van der Waals surface area contributed by atoms with Crippen LogP contribution >= 0.6 is 0 Å². The fraction of sp³-hybridized carbons (Fsp3) is 0.459. The van der Waals surface area contributed by atoms with E-state index in [2.05, 4.69) is 15.2 Å². The number of nitrogens with zero attached hydrogens (tertiary/aromatic N) is 4. The molecular formula is C37H46N7NaO16S. The third-order valence-corrected chi connectivity index (χ3v) is 10.5. The fourth-order valence-electron chi connectivity index (χ4n) is 7.09. The Kier molecular flexibility index (Phi) is 19.5. The quantitative estimate of drug-likeness (QED) is 0.0446. The molecule has 10 atom stereocenters. The monoisotopic (exact) mass is 899 g/mol. The topological polar surface area (TPSA) is 330 Å². The Morgan fingerprint density at radius 2 is 1.16 bits per heavy atom. The Hall–Kier alpha value is -4.25. The summed E-state index contributed by atoms with van der Waals surface area (Å²) >= 11 is 0. The van der Waals surface area contributed by atoms with Gasteiger partial charge in [0.2, 0.25) is 0 Å². The van der Waals surface area contributed by atoms with E-state index in [9.17, 15) is 37.3 Å². The zero-order chi connectivity index (χ0) is 44.1. The van der Waals surface area contributed by atoms with Gasteiger partial charge in [0, 0.05) is 48.2 Å². The second-order valence-corrected chi connectivity index (χ2v) is 15.2. The van der Waals surface area contributed by atoms with Crippen molar-refractivity contribution in [2.75, 3.05) is 38.8 Å². The molecule has 23 nitrogen and oxygen atoms in total. The van der Waals surface area contributed by atoms with Crippen molar-refractivity contribution in [2.45, 2.75) is 62.1 Å². The van der Waals surface area contributed by atoms with Gasteiger partial charge < -0.3 is 49.4 Å². The maximum atomic E-state index is 12.3. The van der Waals surface area contributed by atoms with E-state index in [0.29, 0.717) is 0 Å². The predicted molar refractivity (Wildman–Crippen MR) is 209 cm³/mol. The molecule has 0 aliphatic carbocycles. The molecule has 0 bridgehead atoms. The van der Waals surface area contributed by atoms with Crippen LogP contribution in [0.2, 0.25) is 0 Å². The molecule has 4 fully saturated rings. The number of rotatable bonds is 7. The number of hydrogen-bond donors (Lipinski definition) is 7. The summed E-state index contributed by atoms with van der Waals surface area (Å²) in [5.74, 6) is -1.43. The fourth-order valence-corrected chi connectivity index (χ4v) is 7.99. The van der Waals surface area contributed by atoms with Crippen molar-refractivity contribution in [2.24, 2.45) is 11.1 Å². The van der Waals surface area contributed by atoms with Crippen LogP contribution in [0.3, 0.4) is 0 Å². The summed E-state index contributed by atoms with van der Waals surface area (Å²) in [6, 6.07) is 19.5. The zero-order valence-electron chi connectivity index (χ0n) is 33.5. The molecule has 25 heteroatoms. The van der Waals surface area contributed by atoms with Crippen LogP contribution in [0.4, 0.5) is 0 Å². The number of benzene rings is 2. The zero-order valence-corrected chi connectivity index (χ0v) is 36.3. The Balaban J connectivity index is 0.000000236. The molecule has 4 aliphatic heterocycles. The second-order valence-electron chi connectivity index (χ2n) is 13.7. The van der Waals surface area contributed by atoms with Crippen molar-refractivity contribution in [1.29, 1.82) is 5.53 Å². The standard InChI is InChI=1S/C18H20N2O8S.C17H18N2O6.C2H6O.H2N3O.Na/c21-15-6-7-20(18(22)19-15)13-8-26-14-9-27-17(11-4-2-1-3-5-11)28-16(14)12(13)10-29(23,24)25;20-13-6-7-19(17(22)18-13)11-8-23-12-9-24-16(25-15(12)14(11)21)10-4-2-1-3-5-10;1-2-3;1-2-3-4;/h1-7,12-14,16-17H,8-10H2,(H,19,21,22)(H,23,24,25);1-7,11-12,14-16,21H,8-9H2,(H,18,20,22);3H,2H2,1H3;(H2-,1,2,3,4);/q;;;-1;+1/t12-,13+,14+,16-,17?;11-,12-,14-,15-,16?;;;/m01.../s1. The smallest absolute Gasteiger partial charge is 0.397 e. The Labute approximate surface area is 375 Å². The van der Waals surface area contributed by atoms with Gasteiger partial charge in [0.05, 0.1) is 50.4 Å². The average Bonchev–Trinajstić information content (AvgIpc) is 3.25. The minimum Gasteiger partial charge on any atom is -0.397 e. The molecule has 2 aromatic heterocycles. The van der Waals surface area contributed by atoms with Gasteiger partial charge in [-0.3, -0.25) is 44.1 Å². The molecule has 62 heavy (non-hydrogen) atoms. The Morgan fingerprint density at radius 3 is 1.60 bits per heavy atom. The summed E-state index contributed by atoms with van der Waals surface area (Å²) in [4.78, 5) is 51.2. The number of H-pyrrole nitrogens is 2. The first kappa shape index (κ1) is 50.4. The summed E-state index contributed by atoms with van der Waals surface area (Å²) < 4.78 is 70.3. The number of hydrogen-bond acceptors (Lipinski definition) is 17. The molecule has 332 valence electrons. The van der Waals surface area contributed by atoms with E-state index in [0.717, 1.165) is 17.2 Å². The van der Waals surface area contributed by atoms with Crippen molar-refractivity contribution >= 4 is 10.1 Å². The molecule has 0 radical (unpaired) electrons. The van der Waals surface area contributed by atoms with E-state index < -0.39 is 99.5 Å². The molecule has 2 unspecified atom stereocenters. The molecule has 0 saturated carbocycles. The van der Waals surface area contributed by atoms with E-state index in [1.165, 1.54) is 27.6 Å². The molecule has 8 rings (SSSR count).